The van der Waals surface area contributed by atoms with Gasteiger partial charge in [0.2, 0.25) is 0 Å². The molecule has 1 fully saturated rings. The van der Waals surface area contributed by atoms with Gasteiger partial charge >= 0.3 is 0 Å². The first-order valence-corrected chi connectivity index (χ1v) is 4.27. The van der Waals surface area contributed by atoms with Gasteiger partial charge in [-0.3, -0.25) is 0 Å². The summed E-state index contributed by atoms with van der Waals surface area (Å²) in [6.45, 7) is 10.5. The van der Waals surface area contributed by atoms with Crippen LogP contribution in [0.3, 0.4) is 0 Å². The van der Waals surface area contributed by atoms with Gasteiger partial charge in [-0.05, 0) is 24.8 Å². The van der Waals surface area contributed by atoms with E-state index in [1.807, 2.05) is 0 Å². The quantitative estimate of drug-likeness (QED) is 0.590. The predicted octanol–water partition coefficient (Wildman–Crippen LogP) is 2.17. The van der Waals surface area contributed by atoms with E-state index >= 15 is 0 Å². The molecule has 1 heteroatoms. The standard InChI is InChI=1S/C9H19N/c1-5-9(6-7-10-9)8(2,3)4/h10H,5-7H2,1-4H3. The molecule has 1 saturated heterocycles. The average Bonchev–Trinajstić information content (AvgIpc) is 1.58. The van der Waals surface area contributed by atoms with E-state index in [2.05, 4.69) is 33.0 Å². The van der Waals surface area contributed by atoms with Gasteiger partial charge in [-0.1, -0.05) is 27.7 Å². The maximum atomic E-state index is 3.55. The van der Waals surface area contributed by atoms with E-state index in [4.69, 9.17) is 0 Å². The third-order valence-corrected chi connectivity index (χ3v) is 3.05. The molecule has 0 aromatic heterocycles. The van der Waals surface area contributed by atoms with Crippen LogP contribution in [-0.2, 0) is 0 Å². The molecule has 1 rings (SSSR count). The molecule has 0 radical (unpaired) electrons. The Hall–Kier alpha value is -0.0400. The van der Waals surface area contributed by atoms with Crippen LogP contribution in [-0.4, -0.2) is 12.1 Å². The normalized spacial score (nSPS) is 33.6. The summed E-state index contributed by atoms with van der Waals surface area (Å²) in [4.78, 5) is 0. The average molecular weight is 141 g/mol. The summed E-state index contributed by atoms with van der Waals surface area (Å²) in [6, 6.07) is 0. The Labute approximate surface area is 64.2 Å². The zero-order valence-corrected chi connectivity index (χ0v) is 7.62. The van der Waals surface area contributed by atoms with Gasteiger partial charge in [0.1, 0.15) is 0 Å². The van der Waals surface area contributed by atoms with E-state index in [-0.39, 0.29) is 0 Å². The Morgan fingerprint density at radius 1 is 1.40 bits per heavy atom. The molecule has 0 aromatic carbocycles. The fourth-order valence-electron chi connectivity index (χ4n) is 1.90. The van der Waals surface area contributed by atoms with E-state index in [1.54, 1.807) is 0 Å². The smallest absolute Gasteiger partial charge is 0.0239 e. The zero-order chi connectivity index (χ0) is 7.83. The van der Waals surface area contributed by atoms with Crippen molar-refractivity contribution in [2.24, 2.45) is 5.41 Å². The van der Waals surface area contributed by atoms with Crippen LogP contribution in [0.1, 0.15) is 40.5 Å². The third-order valence-electron chi connectivity index (χ3n) is 3.05. The van der Waals surface area contributed by atoms with Crippen LogP contribution in [0, 0.1) is 5.41 Å². The predicted molar refractivity (Wildman–Crippen MR) is 45.1 cm³/mol. The van der Waals surface area contributed by atoms with Crippen LogP contribution in [0.15, 0.2) is 0 Å². The van der Waals surface area contributed by atoms with Gasteiger partial charge in [0.05, 0.1) is 0 Å². The van der Waals surface area contributed by atoms with Crippen LogP contribution in [0.5, 0.6) is 0 Å². The highest BCUT2D eigenvalue weighted by atomic mass is 15.1. The highest BCUT2D eigenvalue weighted by molar-refractivity contribution is 5.03. The lowest BCUT2D eigenvalue weighted by Gasteiger charge is -2.52. The molecular weight excluding hydrogens is 122 g/mol. The molecule has 1 aliphatic rings. The summed E-state index contributed by atoms with van der Waals surface area (Å²) in [7, 11) is 0. The summed E-state index contributed by atoms with van der Waals surface area (Å²) in [6.07, 6.45) is 2.61. The van der Waals surface area contributed by atoms with Crippen molar-refractivity contribution >= 4 is 0 Å². The van der Waals surface area contributed by atoms with Crippen molar-refractivity contribution in [2.45, 2.75) is 46.1 Å². The fourth-order valence-corrected chi connectivity index (χ4v) is 1.90. The van der Waals surface area contributed by atoms with Crippen LogP contribution in [0.2, 0.25) is 0 Å². The minimum Gasteiger partial charge on any atom is -0.311 e. The summed E-state index contributed by atoms with van der Waals surface area (Å²) in [5, 5.41) is 3.55. The lowest BCUT2D eigenvalue weighted by molar-refractivity contribution is 0.0595. The fraction of sp³-hybridized carbons (Fsp3) is 1.00. The lowest BCUT2D eigenvalue weighted by atomic mass is 9.66. The maximum absolute atomic E-state index is 3.55. The second-order valence-corrected chi connectivity index (χ2v) is 4.36. The van der Waals surface area contributed by atoms with Gasteiger partial charge in [0.25, 0.3) is 0 Å². The number of hydrogen-bond donors (Lipinski definition) is 1. The highest BCUT2D eigenvalue weighted by Crippen LogP contribution is 2.39. The molecule has 1 nitrogen and oxygen atoms in total. The molecular formula is C9H19N. The van der Waals surface area contributed by atoms with E-state index in [0.717, 1.165) is 0 Å². The van der Waals surface area contributed by atoms with E-state index in [9.17, 15) is 0 Å². The van der Waals surface area contributed by atoms with Crippen LogP contribution in [0.25, 0.3) is 0 Å². The van der Waals surface area contributed by atoms with Crippen molar-refractivity contribution in [1.29, 1.82) is 0 Å². The van der Waals surface area contributed by atoms with Crippen LogP contribution >= 0.6 is 0 Å². The topological polar surface area (TPSA) is 12.0 Å². The summed E-state index contributed by atoms with van der Waals surface area (Å²) in [5.74, 6) is 0. The molecule has 1 heterocycles. The molecule has 0 bridgehead atoms. The molecule has 0 saturated carbocycles. The van der Waals surface area contributed by atoms with Crippen molar-refractivity contribution in [3.8, 4) is 0 Å². The largest absolute Gasteiger partial charge is 0.311 e. The molecule has 0 aromatic rings. The Bertz CT molecular complexity index is 112. The van der Waals surface area contributed by atoms with Gasteiger partial charge in [0.15, 0.2) is 0 Å². The molecule has 10 heavy (non-hydrogen) atoms. The SMILES string of the molecule is CCC1(C(C)(C)C)CCN1. The molecule has 0 amide bonds. The Balaban J connectivity index is 2.65. The Morgan fingerprint density at radius 2 is 1.90 bits per heavy atom. The zero-order valence-electron chi connectivity index (χ0n) is 7.62. The first-order valence-electron chi connectivity index (χ1n) is 4.27. The van der Waals surface area contributed by atoms with E-state index in [0.29, 0.717) is 11.0 Å². The van der Waals surface area contributed by atoms with Crippen molar-refractivity contribution < 1.29 is 0 Å². The first kappa shape index (κ1) is 8.06. The highest BCUT2D eigenvalue weighted by Gasteiger charge is 2.44. The lowest BCUT2D eigenvalue weighted by Crippen LogP contribution is -2.63. The van der Waals surface area contributed by atoms with Crippen LogP contribution in [0.4, 0.5) is 0 Å². The monoisotopic (exact) mass is 141 g/mol. The Kier molecular flexibility index (Phi) is 1.80. The molecule has 1 atom stereocenters. The van der Waals surface area contributed by atoms with Gasteiger partial charge in [-0.2, -0.15) is 0 Å². The molecule has 60 valence electrons. The van der Waals surface area contributed by atoms with E-state index < -0.39 is 0 Å². The van der Waals surface area contributed by atoms with Gasteiger partial charge < -0.3 is 5.32 Å². The van der Waals surface area contributed by atoms with Gasteiger partial charge in [-0.15, -0.1) is 0 Å². The van der Waals surface area contributed by atoms with Crippen molar-refractivity contribution in [3.05, 3.63) is 0 Å². The summed E-state index contributed by atoms with van der Waals surface area (Å²) >= 11 is 0. The second kappa shape index (κ2) is 2.23. The Morgan fingerprint density at radius 3 is 1.90 bits per heavy atom. The van der Waals surface area contributed by atoms with Crippen molar-refractivity contribution in [3.63, 3.8) is 0 Å². The first-order chi connectivity index (χ1) is 4.52. The van der Waals surface area contributed by atoms with E-state index in [1.165, 1.54) is 19.4 Å². The van der Waals surface area contributed by atoms with Crippen molar-refractivity contribution in [1.82, 2.24) is 5.32 Å². The third kappa shape index (κ3) is 0.968. The van der Waals surface area contributed by atoms with Crippen LogP contribution < -0.4 is 5.32 Å². The minimum absolute atomic E-state index is 0.431. The summed E-state index contributed by atoms with van der Waals surface area (Å²) < 4.78 is 0. The number of hydrogen-bond acceptors (Lipinski definition) is 1. The van der Waals surface area contributed by atoms with Gasteiger partial charge in [-0.25, -0.2) is 0 Å². The molecule has 0 aliphatic carbocycles. The molecule has 1 N–H and O–H groups in total. The number of rotatable bonds is 1. The second-order valence-electron chi connectivity index (χ2n) is 4.36. The molecule has 1 aliphatic heterocycles. The molecule has 1 unspecified atom stereocenters. The summed E-state index contributed by atoms with van der Waals surface area (Å²) in [5.41, 5.74) is 0.882. The molecule has 0 spiro atoms. The van der Waals surface area contributed by atoms with Crippen molar-refractivity contribution in [2.75, 3.05) is 6.54 Å². The minimum atomic E-state index is 0.431. The van der Waals surface area contributed by atoms with Gasteiger partial charge in [0, 0.05) is 5.54 Å². The maximum Gasteiger partial charge on any atom is 0.0239 e. The number of nitrogens with one attached hydrogen (secondary N) is 1.